The molecule has 0 N–H and O–H groups in total. The lowest BCUT2D eigenvalue weighted by Gasteiger charge is -2.07. The molecule has 0 fully saturated rings. The fourth-order valence-corrected chi connectivity index (χ4v) is 4.38. The summed E-state index contributed by atoms with van der Waals surface area (Å²) in [6, 6.07) is 19.3. The molecular formula is C25H20FN5O2S. The number of hydrogen-bond donors (Lipinski definition) is 0. The van der Waals surface area contributed by atoms with Crippen LogP contribution < -0.4 is 10.4 Å². The van der Waals surface area contributed by atoms with Crippen molar-refractivity contribution in [1.82, 2.24) is 14.0 Å². The van der Waals surface area contributed by atoms with Crippen molar-refractivity contribution in [1.29, 1.82) is 0 Å². The highest BCUT2D eigenvalue weighted by Gasteiger charge is 2.17. The lowest BCUT2D eigenvalue weighted by molar-refractivity contribution is 0.575. The number of halogens is 1. The number of nitrogens with zero attached hydrogens (tertiary/aromatic N) is 5. The number of para-hydroxylation sites is 1. The van der Waals surface area contributed by atoms with Gasteiger partial charge in [-0.25, -0.2) is 18.7 Å². The van der Waals surface area contributed by atoms with Crippen LogP contribution in [0.1, 0.15) is 11.3 Å². The van der Waals surface area contributed by atoms with Crippen molar-refractivity contribution in [3.8, 4) is 17.1 Å². The highest BCUT2D eigenvalue weighted by molar-refractivity contribution is 7.07. The maximum Gasteiger partial charge on any atom is 0.297 e. The Morgan fingerprint density at radius 1 is 1.03 bits per heavy atom. The third-order valence-electron chi connectivity index (χ3n) is 5.41. The summed E-state index contributed by atoms with van der Waals surface area (Å²) >= 11 is 1.31. The molecule has 0 spiro atoms. The van der Waals surface area contributed by atoms with Crippen LogP contribution >= 0.6 is 11.3 Å². The summed E-state index contributed by atoms with van der Waals surface area (Å²) in [7, 11) is 1.82. The number of aromatic nitrogens is 3. The van der Waals surface area contributed by atoms with Crippen LogP contribution in [-0.4, -0.2) is 20.3 Å². The van der Waals surface area contributed by atoms with Crippen LogP contribution in [0.3, 0.4) is 0 Å². The van der Waals surface area contributed by atoms with Gasteiger partial charge in [0.1, 0.15) is 11.5 Å². The molecule has 7 nitrogen and oxygen atoms in total. The van der Waals surface area contributed by atoms with Crippen LogP contribution in [0, 0.1) is 12.7 Å². The van der Waals surface area contributed by atoms with E-state index in [2.05, 4.69) is 5.10 Å². The van der Waals surface area contributed by atoms with E-state index in [0.29, 0.717) is 33.2 Å². The SMILES string of the molecule is Cc1c(N=c2scc(-c3ccco3)n2N=Cc2ccccc2F)c(=O)n(-c2ccccc2)n1C. The van der Waals surface area contributed by atoms with Gasteiger partial charge in [-0.2, -0.15) is 5.10 Å². The maximum atomic E-state index is 14.2. The molecule has 0 atom stereocenters. The van der Waals surface area contributed by atoms with E-state index < -0.39 is 0 Å². The van der Waals surface area contributed by atoms with Crippen molar-refractivity contribution >= 4 is 23.2 Å². The Hall–Kier alpha value is -4.24. The first-order valence-corrected chi connectivity index (χ1v) is 11.3. The molecule has 5 aromatic rings. The normalized spacial score (nSPS) is 12.1. The van der Waals surface area contributed by atoms with Crippen molar-refractivity contribution in [2.75, 3.05) is 0 Å². The first-order chi connectivity index (χ1) is 16.5. The average molecular weight is 474 g/mol. The van der Waals surface area contributed by atoms with Crippen LogP contribution in [0.25, 0.3) is 17.1 Å². The Kier molecular flexibility index (Phi) is 5.69. The second kappa shape index (κ2) is 8.95. The largest absolute Gasteiger partial charge is 0.463 e. The Morgan fingerprint density at radius 3 is 2.53 bits per heavy atom. The molecule has 0 radical (unpaired) electrons. The number of benzene rings is 2. The average Bonchev–Trinajstić information content (AvgIpc) is 3.56. The van der Waals surface area contributed by atoms with Gasteiger partial charge in [-0.3, -0.25) is 9.48 Å². The standard InChI is InChI=1S/C25H20FN5O2S/c1-17-23(24(32)31(29(17)2)19-10-4-3-5-11-19)28-25-30(21(16-34-25)22-13-8-14-33-22)27-15-18-9-6-7-12-20(18)26/h3-16H,1-2H3. The van der Waals surface area contributed by atoms with Gasteiger partial charge in [-0.1, -0.05) is 36.4 Å². The minimum atomic E-state index is -0.384. The summed E-state index contributed by atoms with van der Waals surface area (Å²) in [6.45, 7) is 1.84. The molecule has 3 heterocycles. The number of hydrogen-bond acceptors (Lipinski definition) is 5. The lowest BCUT2D eigenvalue weighted by atomic mass is 10.2. The Morgan fingerprint density at radius 2 is 1.79 bits per heavy atom. The minimum Gasteiger partial charge on any atom is -0.463 e. The quantitative estimate of drug-likeness (QED) is 0.342. The smallest absolute Gasteiger partial charge is 0.297 e. The first-order valence-electron chi connectivity index (χ1n) is 10.5. The minimum absolute atomic E-state index is 0.246. The van der Waals surface area contributed by atoms with Crippen LogP contribution in [0.15, 0.2) is 97.7 Å². The molecular weight excluding hydrogens is 453 g/mol. The van der Waals surface area contributed by atoms with Gasteiger partial charge >= 0.3 is 0 Å². The van der Waals surface area contributed by atoms with Gasteiger partial charge in [0.05, 0.1) is 23.9 Å². The topological polar surface area (TPSA) is 69.7 Å². The van der Waals surface area contributed by atoms with E-state index >= 15 is 0 Å². The molecule has 0 bridgehead atoms. The van der Waals surface area contributed by atoms with Crippen LogP contribution in [-0.2, 0) is 7.05 Å². The molecule has 170 valence electrons. The van der Waals surface area contributed by atoms with Gasteiger partial charge in [0.15, 0.2) is 11.4 Å². The van der Waals surface area contributed by atoms with Crippen LogP contribution in [0.4, 0.5) is 10.1 Å². The predicted molar refractivity (Wildman–Crippen MR) is 130 cm³/mol. The summed E-state index contributed by atoms with van der Waals surface area (Å²) in [5, 5.41) is 6.33. The number of rotatable bonds is 5. The summed E-state index contributed by atoms with van der Waals surface area (Å²) in [6.07, 6.45) is 2.99. The molecule has 5 rings (SSSR count). The van der Waals surface area contributed by atoms with E-state index in [9.17, 15) is 9.18 Å². The predicted octanol–water partition coefficient (Wildman–Crippen LogP) is 4.86. The molecule has 0 saturated carbocycles. The molecule has 0 aliphatic rings. The third kappa shape index (κ3) is 3.86. The molecule has 0 amide bonds. The molecule has 34 heavy (non-hydrogen) atoms. The molecule has 0 saturated heterocycles. The van der Waals surface area contributed by atoms with E-state index in [1.54, 1.807) is 50.6 Å². The Balaban J connectivity index is 1.69. The van der Waals surface area contributed by atoms with Gasteiger partial charge in [0.2, 0.25) is 4.80 Å². The van der Waals surface area contributed by atoms with Crippen molar-refractivity contribution in [3.05, 3.63) is 111 Å². The molecule has 3 aromatic heterocycles. The molecule has 0 unspecified atom stereocenters. The number of furan rings is 1. The second-order valence-electron chi connectivity index (χ2n) is 7.48. The fourth-order valence-electron chi connectivity index (χ4n) is 3.56. The van der Waals surface area contributed by atoms with Gasteiger partial charge in [0.25, 0.3) is 5.56 Å². The third-order valence-corrected chi connectivity index (χ3v) is 6.22. The highest BCUT2D eigenvalue weighted by Crippen LogP contribution is 2.22. The molecule has 0 aliphatic heterocycles. The molecule has 0 aliphatic carbocycles. The van der Waals surface area contributed by atoms with E-state index in [0.717, 1.165) is 5.69 Å². The fraction of sp³-hybridized carbons (Fsp3) is 0.0800. The summed E-state index contributed by atoms with van der Waals surface area (Å²) in [5.74, 6) is 0.194. The molecule has 9 heteroatoms. The zero-order chi connectivity index (χ0) is 23.7. The Bertz CT molecular complexity index is 1610. The van der Waals surface area contributed by atoms with Crippen molar-refractivity contribution in [2.45, 2.75) is 6.92 Å². The van der Waals surface area contributed by atoms with Crippen molar-refractivity contribution < 1.29 is 8.81 Å². The maximum absolute atomic E-state index is 14.2. The Labute approximate surface area is 198 Å². The zero-order valence-electron chi connectivity index (χ0n) is 18.4. The highest BCUT2D eigenvalue weighted by atomic mass is 32.1. The van der Waals surface area contributed by atoms with Crippen molar-refractivity contribution in [2.24, 2.45) is 17.1 Å². The summed E-state index contributed by atoms with van der Waals surface area (Å²) in [4.78, 5) is 18.5. The summed E-state index contributed by atoms with van der Waals surface area (Å²) in [5.41, 5.74) is 2.47. The van der Waals surface area contributed by atoms with E-state index in [4.69, 9.17) is 9.41 Å². The monoisotopic (exact) mass is 473 g/mol. The van der Waals surface area contributed by atoms with Crippen LogP contribution in [0.5, 0.6) is 0 Å². The van der Waals surface area contributed by atoms with Crippen molar-refractivity contribution in [3.63, 3.8) is 0 Å². The first kappa shape index (κ1) is 21.6. The van der Waals surface area contributed by atoms with Gasteiger partial charge in [-0.05, 0) is 37.3 Å². The van der Waals surface area contributed by atoms with E-state index in [-0.39, 0.29) is 11.4 Å². The lowest BCUT2D eigenvalue weighted by Crippen LogP contribution is -2.19. The summed E-state index contributed by atoms with van der Waals surface area (Å²) < 4.78 is 24.6. The molecule has 2 aromatic carbocycles. The van der Waals surface area contributed by atoms with Gasteiger partial charge in [-0.15, -0.1) is 11.3 Å². The van der Waals surface area contributed by atoms with Crippen LogP contribution in [0.2, 0.25) is 0 Å². The van der Waals surface area contributed by atoms with E-state index in [1.807, 2.05) is 49.7 Å². The van der Waals surface area contributed by atoms with Gasteiger partial charge in [0, 0.05) is 18.0 Å². The van der Waals surface area contributed by atoms with E-state index in [1.165, 1.54) is 23.6 Å². The van der Waals surface area contributed by atoms with Gasteiger partial charge < -0.3 is 4.42 Å². The zero-order valence-corrected chi connectivity index (χ0v) is 19.2. The second-order valence-corrected chi connectivity index (χ2v) is 8.32. The number of thiazole rings is 1.